The zero-order valence-corrected chi connectivity index (χ0v) is 14.1. The Balaban J connectivity index is 2.59. The molecule has 0 atom stereocenters. The molecular formula is C15H21BF3NO3. The van der Waals surface area contributed by atoms with Gasteiger partial charge in [0, 0.05) is 17.7 Å². The van der Waals surface area contributed by atoms with E-state index in [1.807, 2.05) is 0 Å². The predicted octanol–water partition coefficient (Wildman–Crippen LogP) is 2.75. The van der Waals surface area contributed by atoms with Crippen molar-refractivity contribution < 1.29 is 22.5 Å². The molecule has 2 heterocycles. The Hall–Kier alpha value is -1.28. The molecule has 128 valence electrons. The summed E-state index contributed by atoms with van der Waals surface area (Å²) < 4.78 is 51.9. The van der Waals surface area contributed by atoms with Crippen LogP contribution in [-0.2, 0) is 15.5 Å². The molecule has 1 aliphatic heterocycles. The van der Waals surface area contributed by atoms with Gasteiger partial charge in [-0.1, -0.05) is 0 Å². The number of alkyl halides is 3. The topological polar surface area (TPSA) is 40.5 Å². The maximum atomic E-state index is 13.1. The first-order chi connectivity index (χ1) is 10.3. The summed E-state index contributed by atoms with van der Waals surface area (Å²) in [7, 11) is -1.13. The lowest BCUT2D eigenvalue weighted by Gasteiger charge is -2.32. The summed E-state index contributed by atoms with van der Waals surface area (Å²) in [6.07, 6.45) is -3.72. The summed E-state index contributed by atoms with van der Waals surface area (Å²) in [6.45, 7) is 10.4. The van der Waals surface area contributed by atoms with Crippen molar-refractivity contribution in [2.45, 2.75) is 65.0 Å². The van der Waals surface area contributed by atoms with E-state index in [4.69, 9.17) is 9.31 Å². The molecule has 1 saturated heterocycles. The molecule has 1 aromatic rings. The Bertz CT molecular complexity index is 649. The van der Waals surface area contributed by atoms with Gasteiger partial charge in [0.25, 0.3) is 5.56 Å². The fourth-order valence-electron chi connectivity index (χ4n) is 2.30. The van der Waals surface area contributed by atoms with Crippen molar-refractivity contribution in [1.82, 2.24) is 4.57 Å². The number of rotatable bonds is 2. The summed E-state index contributed by atoms with van der Waals surface area (Å²) in [6, 6.07) is 0.412. The molecule has 0 saturated carbocycles. The van der Waals surface area contributed by atoms with Crippen molar-refractivity contribution in [3.8, 4) is 0 Å². The second-order valence-electron chi connectivity index (χ2n) is 7.08. The van der Waals surface area contributed by atoms with Crippen LogP contribution in [0.4, 0.5) is 13.2 Å². The lowest BCUT2D eigenvalue weighted by atomic mass is 9.79. The monoisotopic (exact) mass is 331 g/mol. The quantitative estimate of drug-likeness (QED) is 0.783. The summed E-state index contributed by atoms with van der Waals surface area (Å²) >= 11 is 0. The van der Waals surface area contributed by atoms with Gasteiger partial charge in [0.1, 0.15) is 0 Å². The van der Waals surface area contributed by atoms with E-state index in [2.05, 4.69) is 0 Å². The Labute approximate surface area is 133 Å². The minimum absolute atomic E-state index is 0.132. The van der Waals surface area contributed by atoms with Gasteiger partial charge in [0.05, 0.1) is 16.8 Å². The number of hydrogen-bond donors (Lipinski definition) is 0. The van der Waals surface area contributed by atoms with E-state index >= 15 is 0 Å². The van der Waals surface area contributed by atoms with E-state index in [9.17, 15) is 18.0 Å². The Morgan fingerprint density at radius 3 is 2.00 bits per heavy atom. The van der Waals surface area contributed by atoms with E-state index in [0.29, 0.717) is 0 Å². The number of nitrogens with zero attached hydrogens (tertiary/aromatic N) is 1. The molecule has 8 heteroatoms. The maximum absolute atomic E-state index is 13.1. The zero-order chi connectivity index (χ0) is 17.8. The van der Waals surface area contributed by atoms with Crippen LogP contribution in [0.1, 0.15) is 53.1 Å². The van der Waals surface area contributed by atoms with Crippen LogP contribution in [0, 0.1) is 0 Å². The lowest BCUT2D eigenvalue weighted by molar-refractivity contribution is -0.138. The van der Waals surface area contributed by atoms with Crippen LogP contribution in [0.5, 0.6) is 0 Å². The molecule has 0 bridgehead atoms. The highest BCUT2D eigenvalue weighted by Gasteiger charge is 2.53. The summed E-state index contributed by atoms with van der Waals surface area (Å²) in [4.78, 5) is 12.5. The zero-order valence-electron chi connectivity index (χ0n) is 14.1. The number of pyridine rings is 1. The Morgan fingerprint density at radius 2 is 1.61 bits per heavy atom. The van der Waals surface area contributed by atoms with E-state index in [-0.39, 0.29) is 5.46 Å². The van der Waals surface area contributed by atoms with Crippen LogP contribution < -0.4 is 11.0 Å². The minimum Gasteiger partial charge on any atom is -0.399 e. The van der Waals surface area contributed by atoms with Gasteiger partial charge in [-0.2, -0.15) is 13.2 Å². The highest BCUT2D eigenvalue weighted by atomic mass is 19.4. The van der Waals surface area contributed by atoms with Crippen LogP contribution in [0.2, 0.25) is 0 Å². The molecule has 1 aromatic heterocycles. The standard InChI is InChI=1S/C15H21BF3NO3/c1-9(2)20-8-10(15(17,18)19)7-11(12(20)21)16-22-13(3,4)14(5,6)23-16/h7-9H,1-6H3. The van der Waals surface area contributed by atoms with Crippen molar-refractivity contribution in [3.63, 3.8) is 0 Å². The molecule has 0 unspecified atom stereocenters. The van der Waals surface area contributed by atoms with Crippen molar-refractivity contribution in [3.05, 3.63) is 28.2 Å². The van der Waals surface area contributed by atoms with Crippen molar-refractivity contribution in [2.75, 3.05) is 0 Å². The van der Waals surface area contributed by atoms with Crippen molar-refractivity contribution in [2.24, 2.45) is 0 Å². The molecule has 4 nitrogen and oxygen atoms in total. The minimum atomic E-state index is -4.55. The molecule has 23 heavy (non-hydrogen) atoms. The summed E-state index contributed by atoms with van der Waals surface area (Å²) in [5, 5.41) is 0. The van der Waals surface area contributed by atoms with E-state index in [0.717, 1.165) is 16.8 Å². The molecular weight excluding hydrogens is 310 g/mol. The second kappa shape index (κ2) is 5.38. The first kappa shape index (κ1) is 18.1. The molecule has 1 aliphatic rings. The van der Waals surface area contributed by atoms with Gasteiger partial charge in [-0.15, -0.1) is 0 Å². The van der Waals surface area contributed by atoms with Gasteiger partial charge in [-0.25, -0.2) is 0 Å². The third kappa shape index (κ3) is 3.19. The van der Waals surface area contributed by atoms with Gasteiger partial charge in [-0.3, -0.25) is 4.79 Å². The first-order valence-corrected chi connectivity index (χ1v) is 7.45. The highest BCUT2D eigenvalue weighted by molar-refractivity contribution is 6.62. The van der Waals surface area contributed by atoms with Crippen LogP contribution >= 0.6 is 0 Å². The number of aromatic nitrogens is 1. The molecule has 2 rings (SSSR count). The molecule has 1 fully saturated rings. The van der Waals surface area contributed by atoms with Gasteiger partial charge < -0.3 is 13.9 Å². The van der Waals surface area contributed by atoms with E-state index in [1.165, 1.54) is 0 Å². The third-order valence-electron chi connectivity index (χ3n) is 4.46. The van der Waals surface area contributed by atoms with Crippen LogP contribution in [-0.4, -0.2) is 22.9 Å². The van der Waals surface area contributed by atoms with Crippen LogP contribution in [0.3, 0.4) is 0 Å². The van der Waals surface area contributed by atoms with Gasteiger partial charge in [0.2, 0.25) is 0 Å². The summed E-state index contributed by atoms with van der Waals surface area (Å²) in [5.41, 5.74) is -3.03. The molecule has 0 radical (unpaired) electrons. The van der Waals surface area contributed by atoms with Gasteiger partial charge >= 0.3 is 13.3 Å². The predicted molar refractivity (Wildman–Crippen MR) is 81.8 cm³/mol. The maximum Gasteiger partial charge on any atom is 0.500 e. The molecule has 0 N–H and O–H groups in total. The fourth-order valence-corrected chi connectivity index (χ4v) is 2.30. The smallest absolute Gasteiger partial charge is 0.399 e. The third-order valence-corrected chi connectivity index (χ3v) is 4.46. The lowest BCUT2D eigenvalue weighted by Crippen LogP contribution is -2.48. The number of hydrogen-bond acceptors (Lipinski definition) is 3. The van der Waals surface area contributed by atoms with Gasteiger partial charge in [0.15, 0.2) is 0 Å². The van der Waals surface area contributed by atoms with Crippen molar-refractivity contribution in [1.29, 1.82) is 0 Å². The second-order valence-corrected chi connectivity index (χ2v) is 7.08. The summed E-state index contributed by atoms with van der Waals surface area (Å²) in [5.74, 6) is 0. The van der Waals surface area contributed by atoms with Crippen LogP contribution in [0.25, 0.3) is 0 Å². The first-order valence-electron chi connectivity index (χ1n) is 7.45. The van der Waals surface area contributed by atoms with E-state index in [1.54, 1.807) is 41.5 Å². The Morgan fingerprint density at radius 1 is 1.13 bits per heavy atom. The molecule has 0 aromatic carbocycles. The van der Waals surface area contributed by atoms with Crippen LogP contribution in [0.15, 0.2) is 17.1 Å². The molecule has 0 spiro atoms. The largest absolute Gasteiger partial charge is 0.500 e. The molecule has 0 aliphatic carbocycles. The van der Waals surface area contributed by atoms with Gasteiger partial charge in [-0.05, 0) is 47.6 Å². The fraction of sp³-hybridized carbons (Fsp3) is 0.667. The highest BCUT2D eigenvalue weighted by Crippen LogP contribution is 2.36. The molecule has 0 amide bonds. The SMILES string of the molecule is CC(C)n1cc(C(F)(F)F)cc(B2OC(C)(C)C(C)(C)O2)c1=O. The number of halogens is 3. The normalized spacial score (nSPS) is 20.3. The average Bonchev–Trinajstić information content (AvgIpc) is 2.56. The van der Waals surface area contributed by atoms with Crippen molar-refractivity contribution >= 4 is 12.6 Å². The average molecular weight is 331 g/mol. The van der Waals surface area contributed by atoms with E-state index < -0.39 is 41.7 Å². The Kier molecular flexibility index (Phi) is 4.22.